The van der Waals surface area contributed by atoms with E-state index < -0.39 is 0 Å². The minimum absolute atomic E-state index is 0.698. The number of nitrogens with zero attached hydrogens (tertiary/aromatic N) is 2. The fraction of sp³-hybridized carbons (Fsp3) is 1.00. The number of rotatable bonds is 8. The Labute approximate surface area is 131 Å². The summed E-state index contributed by atoms with van der Waals surface area (Å²) >= 11 is 0. The molecule has 2 unspecified atom stereocenters. The second-order valence-electron chi connectivity index (χ2n) is 7.39. The van der Waals surface area contributed by atoms with Crippen LogP contribution >= 0.6 is 0 Å². The molecule has 2 bridgehead atoms. The Bertz CT molecular complexity index is 282. The summed E-state index contributed by atoms with van der Waals surface area (Å²) in [5, 5.41) is 3.81. The average Bonchev–Trinajstić information content (AvgIpc) is 2.41. The SMILES string of the molecule is CC(C)N1CC2CCCC(C1)C2NCCOCCN(C)C. The van der Waals surface area contributed by atoms with Crippen LogP contribution in [0.3, 0.4) is 0 Å². The number of hydrogen-bond acceptors (Lipinski definition) is 4. The molecule has 0 aromatic heterocycles. The van der Waals surface area contributed by atoms with Crippen molar-refractivity contribution in [3.8, 4) is 0 Å². The summed E-state index contributed by atoms with van der Waals surface area (Å²) in [4.78, 5) is 4.85. The van der Waals surface area contributed by atoms with Gasteiger partial charge in [0, 0.05) is 38.3 Å². The topological polar surface area (TPSA) is 27.7 Å². The third-order valence-electron chi connectivity index (χ3n) is 5.14. The molecule has 1 saturated carbocycles. The minimum Gasteiger partial charge on any atom is -0.379 e. The van der Waals surface area contributed by atoms with Crippen LogP contribution in [0.15, 0.2) is 0 Å². The van der Waals surface area contributed by atoms with E-state index >= 15 is 0 Å². The van der Waals surface area contributed by atoms with Gasteiger partial charge in [-0.05, 0) is 52.6 Å². The smallest absolute Gasteiger partial charge is 0.0593 e. The number of hydrogen-bond donors (Lipinski definition) is 1. The van der Waals surface area contributed by atoms with Gasteiger partial charge in [0.05, 0.1) is 13.2 Å². The second-order valence-corrected chi connectivity index (χ2v) is 7.39. The summed E-state index contributed by atoms with van der Waals surface area (Å²) in [6.07, 6.45) is 4.23. The molecule has 2 atom stereocenters. The van der Waals surface area contributed by atoms with Crippen molar-refractivity contribution in [2.45, 2.75) is 45.2 Å². The zero-order chi connectivity index (χ0) is 15.2. The first kappa shape index (κ1) is 17.2. The molecule has 1 heterocycles. The van der Waals surface area contributed by atoms with Crippen molar-refractivity contribution >= 4 is 0 Å². The van der Waals surface area contributed by atoms with Crippen LogP contribution in [-0.2, 0) is 4.74 Å². The van der Waals surface area contributed by atoms with E-state index in [2.05, 4.69) is 43.1 Å². The van der Waals surface area contributed by atoms with Crippen LogP contribution in [0.4, 0.5) is 0 Å². The highest BCUT2D eigenvalue weighted by Gasteiger charge is 2.39. The molecule has 0 aromatic carbocycles. The van der Waals surface area contributed by atoms with Crippen molar-refractivity contribution in [3.63, 3.8) is 0 Å². The molecule has 124 valence electrons. The largest absolute Gasteiger partial charge is 0.379 e. The van der Waals surface area contributed by atoms with E-state index in [1.165, 1.54) is 32.4 Å². The molecule has 21 heavy (non-hydrogen) atoms. The first-order valence-electron chi connectivity index (χ1n) is 8.78. The molecule has 4 heteroatoms. The third-order valence-corrected chi connectivity index (χ3v) is 5.14. The van der Waals surface area contributed by atoms with Crippen LogP contribution in [0.2, 0.25) is 0 Å². The van der Waals surface area contributed by atoms with E-state index in [0.29, 0.717) is 6.04 Å². The molecule has 2 aliphatic rings. The summed E-state index contributed by atoms with van der Waals surface area (Å²) in [5.74, 6) is 1.70. The Morgan fingerprint density at radius 1 is 1.14 bits per heavy atom. The van der Waals surface area contributed by atoms with Gasteiger partial charge < -0.3 is 19.9 Å². The highest BCUT2D eigenvalue weighted by molar-refractivity contribution is 4.95. The molecule has 0 amide bonds. The standard InChI is InChI=1S/C17H35N3O/c1-14(2)20-12-15-6-5-7-16(13-20)17(15)18-8-10-21-11-9-19(3)4/h14-18H,5-13H2,1-4H3. The van der Waals surface area contributed by atoms with Crippen molar-refractivity contribution in [3.05, 3.63) is 0 Å². The van der Waals surface area contributed by atoms with Gasteiger partial charge in [0.25, 0.3) is 0 Å². The van der Waals surface area contributed by atoms with Gasteiger partial charge in [-0.3, -0.25) is 0 Å². The number of likely N-dealkylation sites (tertiary alicyclic amines) is 1. The molecule has 0 spiro atoms. The zero-order valence-corrected chi connectivity index (χ0v) is 14.5. The van der Waals surface area contributed by atoms with Crippen molar-refractivity contribution in [1.82, 2.24) is 15.1 Å². The maximum atomic E-state index is 5.70. The normalized spacial score (nSPS) is 30.3. The monoisotopic (exact) mass is 297 g/mol. The van der Waals surface area contributed by atoms with Gasteiger partial charge in [0.15, 0.2) is 0 Å². The number of piperidine rings is 1. The molecular formula is C17H35N3O. The van der Waals surface area contributed by atoms with Gasteiger partial charge in [-0.25, -0.2) is 0 Å². The quantitative estimate of drug-likeness (QED) is 0.690. The molecule has 2 fully saturated rings. The van der Waals surface area contributed by atoms with E-state index in [1.807, 2.05) is 0 Å². The van der Waals surface area contributed by atoms with Crippen molar-refractivity contribution < 1.29 is 4.74 Å². The summed E-state index contributed by atoms with van der Waals surface area (Å²) in [7, 11) is 4.18. The molecule has 1 aliphatic heterocycles. The fourth-order valence-electron chi connectivity index (χ4n) is 3.87. The van der Waals surface area contributed by atoms with E-state index in [9.17, 15) is 0 Å². The van der Waals surface area contributed by atoms with Gasteiger partial charge in [-0.15, -0.1) is 0 Å². The fourth-order valence-corrected chi connectivity index (χ4v) is 3.87. The van der Waals surface area contributed by atoms with Gasteiger partial charge in [-0.2, -0.15) is 0 Å². The lowest BCUT2D eigenvalue weighted by atomic mass is 9.73. The zero-order valence-electron chi connectivity index (χ0n) is 14.5. The second kappa shape index (κ2) is 8.47. The summed E-state index contributed by atoms with van der Waals surface area (Å²) in [6, 6.07) is 1.43. The number of likely N-dealkylation sites (N-methyl/N-ethyl adjacent to an activating group) is 1. The third kappa shape index (κ3) is 5.20. The molecule has 2 rings (SSSR count). The number of ether oxygens (including phenoxy) is 1. The Morgan fingerprint density at radius 3 is 2.38 bits per heavy atom. The lowest BCUT2D eigenvalue weighted by molar-refractivity contribution is 0.0252. The Kier molecular flexibility index (Phi) is 6.93. The molecular weight excluding hydrogens is 262 g/mol. The lowest BCUT2D eigenvalue weighted by Crippen LogP contribution is -2.58. The highest BCUT2D eigenvalue weighted by Crippen LogP contribution is 2.35. The van der Waals surface area contributed by atoms with Crippen LogP contribution in [0.25, 0.3) is 0 Å². The van der Waals surface area contributed by atoms with Crippen molar-refractivity contribution in [2.24, 2.45) is 11.8 Å². The summed E-state index contributed by atoms with van der Waals surface area (Å²) in [6.45, 7) is 10.9. The molecule has 4 nitrogen and oxygen atoms in total. The molecule has 0 radical (unpaired) electrons. The maximum Gasteiger partial charge on any atom is 0.0593 e. The van der Waals surface area contributed by atoms with E-state index in [0.717, 1.165) is 44.2 Å². The van der Waals surface area contributed by atoms with E-state index in [4.69, 9.17) is 4.74 Å². The van der Waals surface area contributed by atoms with Crippen LogP contribution < -0.4 is 5.32 Å². The maximum absolute atomic E-state index is 5.70. The lowest BCUT2D eigenvalue weighted by Gasteiger charge is -2.49. The van der Waals surface area contributed by atoms with Crippen LogP contribution in [0, 0.1) is 11.8 Å². The van der Waals surface area contributed by atoms with Crippen molar-refractivity contribution in [1.29, 1.82) is 0 Å². The van der Waals surface area contributed by atoms with Gasteiger partial charge >= 0.3 is 0 Å². The Hall–Kier alpha value is -0.160. The van der Waals surface area contributed by atoms with Crippen LogP contribution in [0.1, 0.15) is 33.1 Å². The number of nitrogens with one attached hydrogen (secondary N) is 1. The van der Waals surface area contributed by atoms with Crippen molar-refractivity contribution in [2.75, 3.05) is 53.5 Å². The molecule has 1 aliphatic carbocycles. The van der Waals surface area contributed by atoms with Gasteiger partial charge in [-0.1, -0.05) is 6.42 Å². The first-order chi connectivity index (χ1) is 10.1. The van der Waals surface area contributed by atoms with Gasteiger partial charge in [0.1, 0.15) is 0 Å². The van der Waals surface area contributed by atoms with E-state index in [-0.39, 0.29) is 0 Å². The average molecular weight is 297 g/mol. The van der Waals surface area contributed by atoms with Crippen LogP contribution in [0.5, 0.6) is 0 Å². The van der Waals surface area contributed by atoms with Crippen LogP contribution in [-0.4, -0.2) is 75.4 Å². The molecule has 1 N–H and O–H groups in total. The number of fused-ring (bicyclic) bond motifs is 2. The minimum atomic E-state index is 0.698. The summed E-state index contributed by atoms with van der Waals surface area (Å²) in [5.41, 5.74) is 0. The Balaban J connectivity index is 1.68. The predicted molar refractivity (Wildman–Crippen MR) is 88.7 cm³/mol. The van der Waals surface area contributed by atoms with Gasteiger partial charge in [0.2, 0.25) is 0 Å². The first-order valence-corrected chi connectivity index (χ1v) is 8.78. The Morgan fingerprint density at radius 2 is 1.81 bits per heavy atom. The molecule has 1 saturated heterocycles. The predicted octanol–water partition coefficient (Wildman–Crippen LogP) is 1.66. The highest BCUT2D eigenvalue weighted by atomic mass is 16.5. The summed E-state index contributed by atoms with van der Waals surface area (Å²) < 4.78 is 5.70. The molecule has 0 aromatic rings. The van der Waals surface area contributed by atoms with E-state index in [1.54, 1.807) is 0 Å².